The summed E-state index contributed by atoms with van der Waals surface area (Å²) in [6, 6.07) is 45.0. The van der Waals surface area contributed by atoms with E-state index in [1.54, 1.807) is 5.01 Å². The van der Waals surface area contributed by atoms with Gasteiger partial charge in [-0.05, 0) is 63.1 Å². The van der Waals surface area contributed by atoms with Crippen LogP contribution in [0.1, 0.15) is 67.8 Å². The molecule has 55 heavy (non-hydrogen) atoms. The second-order valence-electron chi connectivity index (χ2n) is 13.7. The molecule has 0 bridgehead atoms. The van der Waals surface area contributed by atoms with Gasteiger partial charge in [0.2, 0.25) is 5.91 Å². The first-order chi connectivity index (χ1) is 26.9. The predicted octanol–water partition coefficient (Wildman–Crippen LogP) is 7.66. The summed E-state index contributed by atoms with van der Waals surface area (Å²) in [5.74, 6) is -0.265. The van der Waals surface area contributed by atoms with Crippen LogP contribution in [0.15, 0.2) is 140 Å². The van der Waals surface area contributed by atoms with E-state index in [2.05, 4.69) is 46.7 Å². The zero-order valence-electron chi connectivity index (χ0n) is 31.3. The van der Waals surface area contributed by atoms with Crippen LogP contribution < -0.4 is 0 Å². The van der Waals surface area contributed by atoms with Crippen LogP contribution in [-0.2, 0) is 24.7 Å². The zero-order chi connectivity index (χ0) is 38.4. The average Bonchev–Trinajstić information content (AvgIpc) is 3.92. The summed E-state index contributed by atoms with van der Waals surface area (Å²) >= 11 is 0. The van der Waals surface area contributed by atoms with Crippen LogP contribution in [-0.4, -0.2) is 67.6 Å². The molecule has 278 valence electrons. The highest BCUT2D eigenvalue weighted by atomic mass is 16.5. The minimum absolute atomic E-state index is 0.0976. The molecule has 2 heterocycles. The molecule has 2 atom stereocenters. The molecule has 0 saturated carbocycles. The van der Waals surface area contributed by atoms with Crippen LogP contribution in [0.5, 0.6) is 0 Å². The number of amides is 1. The number of Topliss-reactive ketones (excluding diaryl/α,β-unsaturated/α-hetero) is 1. The van der Waals surface area contributed by atoms with Crippen LogP contribution in [0, 0.1) is 0 Å². The van der Waals surface area contributed by atoms with Crippen molar-refractivity contribution in [3.8, 4) is 22.5 Å². The molecule has 10 heteroatoms. The first-order valence-corrected chi connectivity index (χ1v) is 18.7. The lowest BCUT2D eigenvalue weighted by atomic mass is 9.77. The smallest absolute Gasteiger partial charge is 0.324 e. The van der Waals surface area contributed by atoms with Gasteiger partial charge in [0.05, 0.1) is 7.11 Å². The van der Waals surface area contributed by atoms with Crippen molar-refractivity contribution in [2.75, 3.05) is 13.7 Å². The lowest BCUT2D eigenvalue weighted by Crippen LogP contribution is -2.54. The maximum atomic E-state index is 13.9. The molecule has 1 aliphatic heterocycles. The summed E-state index contributed by atoms with van der Waals surface area (Å²) in [5.41, 5.74) is 5.29. The Morgan fingerprint density at radius 2 is 1.33 bits per heavy atom. The highest BCUT2D eigenvalue weighted by Gasteiger charge is 2.43. The minimum atomic E-state index is -0.930. The maximum Gasteiger partial charge on any atom is 0.324 e. The fourth-order valence-electron chi connectivity index (χ4n) is 8.00. The Morgan fingerprint density at radius 3 is 1.85 bits per heavy atom. The standard InChI is InChI=1S/C45H44N6O4/c1-4-17-41(53)42(50(32(2)52)49-31-16-26-40(49)44(54)55-3)34-29-27-33(28-30-34)38-24-14-15-25-39(38)43-46-47-48-51(43)45(35-18-8-5-9-19-35,36-20-10-6-11-21-36)37-22-12-7-13-23-37/h5-15,18-25,27-30,40,42H,4,16-17,26,31H2,1-3H3/t40-,42-/m0/s1. The lowest BCUT2D eigenvalue weighted by molar-refractivity contribution is -0.170. The van der Waals surface area contributed by atoms with Crippen LogP contribution in [0.3, 0.4) is 0 Å². The largest absolute Gasteiger partial charge is 0.468 e. The van der Waals surface area contributed by atoms with E-state index in [0.717, 1.165) is 33.4 Å². The molecule has 5 aromatic carbocycles. The molecular weight excluding hydrogens is 689 g/mol. The Labute approximate surface area is 321 Å². The van der Waals surface area contributed by atoms with Gasteiger partial charge in [-0.25, -0.2) is 9.69 Å². The number of esters is 1. The van der Waals surface area contributed by atoms with Crippen molar-refractivity contribution in [1.82, 2.24) is 30.2 Å². The van der Waals surface area contributed by atoms with Crippen molar-refractivity contribution in [3.05, 3.63) is 162 Å². The molecule has 6 aromatic rings. The van der Waals surface area contributed by atoms with Gasteiger partial charge in [0.1, 0.15) is 17.6 Å². The number of methoxy groups -OCH3 is 1. The van der Waals surface area contributed by atoms with Gasteiger partial charge in [-0.15, -0.1) is 5.10 Å². The SMILES string of the molecule is CCCC(=O)[C@H](c1ccc(-c2ccccc2-c2nnnn2C(c2ccccc2)(c2ccccc2)c2ccccc2)cc1)N(C(C)=O)N1CCC[C@H]1C(=O)OC. The Bertz CT molecular complexity index is 2150. The predicted molar refractivity (Wildman–Crippen MR) is 210 cm³/mol. The summed E-state index contributed by atoms with van der Waals surface area (Å²) in [7, 11) is 1.34. The fourth-order valence-corrected chi connectivity index (χ4v) is 8.00. The molecule has 1 saturated heterocycles. The highest BCUT2D eigenvalue weighted by molar-refractivity contribution is 5.90. The van der Waals surface area contributed by atoms with Crippen molar-refractivity contribution in [1.29, 1.82) is 0 Å². The normalized spacial score (nSPS) is 15.0. The molecule has 0 aliphatic carbocycles. The van der Waals surface area contributed by atoms with E-state index >= 15 is 0 Å². The third-order valence-corrected chi connectivity index (χ3v) is 10.4. The number of carbonyl (C=O) groups excluding carboxylic acids is 3. The van der Waals surface area contributed by atoms with Crippen LogP contribution >= 0.6 is 0 Å². The molecule has 1 aromatic heterocycles. The number of hydrogen-bond donors (Lipinski definition) is 0. The van der Waals surface area contributed by atoms with Gasteiger partial charge in [-0.1, -0.05) is 146 Å². The number of ketones is 1. The van der Waals surface area contributed by atoms with E-state index in [1.165, 1.54) is 19.0 Å². The van der Waals surface area contributed by atoms with E-state index in [9.17, 15) is 14.4 Å². The second-order valence-corrected chi connectivity index (χ2v) is 13.7. The molecule has 1 fully saturated rings. The molecule has 10 nitrogen and oxygen atoms in total. The fraction of sp³-hybridized carbons (Fsp3) is 0.244. The second kappa shape index (κ2) is 16.4. The quantitative estimate of drug-likeness (QED) is 0.0880. The third kappa shape index (κ3) is 6.97. The summed E-state index contributed by atoms with van der Waals surface area (Å²) in [5, 5.41) is 16.9. The van der Waals surface area contributed by atoms with Gasteiger partial charge in [0.15, 0.2) is 11.6 Å². The first kappa shape index (κ1) is 37.1. The monoisotopic (exact) mass is 732 g/mol. The molecule has 7 rings (SSSR count). The Balaban J connectivity index is 1.35. The molecule has 1 aliphatic rings. The summed E-state index contributed by atoms with van der Waals surface area (Å²) < 4.78 is 6.99. The van der Waals surface area contributed by atoms with Gasteiger partial charge in [0.25, 0.3) is 0 Å². The number of ether oxygens (including phenoxy) is 1. The van der Waals surface area contributed by atoms with Crippen molar-refractivity contribution in [3.63, 3.8) is 0 Å². The third-order valence-electron chi connectivity index (χ3n) is 10.4. The van der Waals surface area contributed by atoms with Crippen LogP contribution in [0.4, 0.5) is 0 Å². The number of tetrazole rings is 1. The Morgan fingerprint density at radius 1 is 0.782 bits per heavy atom. The van der Waals surface area contributed by atoms with Crippen molar-refractivity contribution >= 4 is 17.7 Å². The maximum absolute atomic E-state index is 13.9. The number of aromatic nitrogens is 4. The number of hydrazine groups is 1. The molecule has 0 unspecified atom stereocenters. The molecule has 0 radical (unpaired) electrons. The number of nitrogens with zero attached hydrogens (tertiary/aromatic N) is 6. The van der Waals surface area contributed by atoms with E-state index in [-0.39, 0.29) is 18.1 Å². The average molecular weight is 733 g/mol. The molecule has 0 N–H and O–H groups in total. The van der Waals surface area contributed by atoms with Crippen LogP contribution in [0.2, 0.25) is 0 Å². The first-order valence-electron chi connectivity index (χ1n) is 18.7. The van der Waals surface area contributed by atoms with Crippen molar-refractivity contribution in [2.24, 2.45) is 0 Å². The Kier molecular flexibility index (Phi) is 11.1. The topological polar surface area (TPSA) is 111 Å². The summed E-state index contributed by atoms with van der Waals surface area (Å²) in [4.78, 5) is 40.0. The number of carbonyl (C=O) groups is 3. The van der Waals surface area contributed by atoms with Crippen molar-refractivity contribution < 1.29 is 19.1 Å². The molecule has 1 amide bonds. The van der Waals surface area contributed by atoms with Gasteiger partial charge in [-0.2, -0.15) is 0 Å². The van der Waals surface area contributed by atoms with Crippen LogP contribution in [0.25, 0.3) is 22.5 Å². The Hall–Kier alpha value is -6.26. The minimum Gasteiger partial charge on any atom is -0.468 e. The zero-order valence-corrected chi connectivity index (χ0v) is 31.3. The van der Waals surface area contributed by atoms with Gasteiger partial charge >= 0.3 is 5.97 Å². The number of hydrogen-bond acceptors (Lipinski definition) is 8. The van der Waals surface area contributed by atoms with E-state index in [4.69, 9.17) is 9.95 Å². The number of benzene rings is 5. The summed E-state index contributed by atoms with van der Waals surface area (Å²) in [6.45, 7) is 3.84. The highest BCUT2D eigenvalue weighted by Crippen LogP contribution is 2.43. The molecular formula is C45H44N6O4. The molecule has 0 spiro atoms. The lowest BCUT2D eigenvalue weighted by Gasteiger charge is -2.39. The van der Waals surface area contributed by atoms with E-state index in [1.807, 2.05) is 115 Å². The van der Waals surface area contributed by atoms with Crippen molar-refractivity contribution in [2.45, 2.75) is 57.2 Å². The van der Waals surface area contributed by atoms with E-state index in [0.29, 0.717) is 37.2 Å². The van der Waals surface area contributed by atoms with Gasteiger partial charge in [0, 0.05) is 25.5 Å². The van der Waals surface area contributed by atoms with Gasteiger partial charge < -0.3 is 4.74 Å². The van der Waals surface area contributed by atoms with E-state index < -0.39 is 23.6 Å². The summed E-state index contributed by atoms with van der Waals surface area (Å²) in [6.07, 6.45) is 2.15. The van der Waals surface area contributed by atoms with Gasteiger partial charge in [-0.3, -0.25) is 19.4 Å². The number of rotatable bonds is 13.